The Kier molecular flexibility index (Phi) is 6.24. The van der Waals surface area contributed by atoms with Gasteiger partial charge in [0, 0.05) is 18.3 Å². The van der Waals surface area contributed by atoms with Crippen molar-refractivity contribution in [3.63, 3.8) is 0 Å². The predicted octanol–water partition coefficient (Wildman–Crippen LogP) is 1.44. The largest absolute Gasteiger partial charge is 0.476 e. The van der Waals surface area contributed by atoms with Crippen LogP contribution in [-0.2, 0) is 0 Å². The lowest BCUT2D eigenvalue weighted by Crippen LogP contribution is -2.50. The van der Waals surface area contributed by atoms with Gasteiger partial charge in [-0.1, -0.05) is 19.3 Å². The molecule has 1 aromatic heterocycles. The molecule has 3 N–H and O–H groups in total. The van der Waals surface area contributed by atoms with Crippen LogP contribution in [0, 0.1) is 10.1 Å². The lowest BCUT2D eigenvalue weighted by Gasteiger charge is -2.24. The average Bonchev–Trinajstić information content (AvgIpc) is 2.59. The molecule has 0 radical (unpaired) electrons. The molecule has 0 spiro atoms. The maximum Gasteiger partial charge on any atom is 0.331 e. The number of nitrogens with zero attached hydrogens (tertiary/aromatic N) is 2. The van der Waals surface area contributed by atoms with Crippen molar-refractivity contribution in [2.24, 2.45) is 0 Å². The lowest BCUT2D eigenvalue weighted by molar-refractivity contribution is -0.386. The molecule has 0 bridgehead atoms. The van der Waals surface area contributed by atoms with Crippen LogP contribution in [0.5, 0.6) is 5.88 Å². The Morgan fingerprint density at radius 2 is 2.08 bits per heavy atom. The maximum atomic E-state index is 12.1. The van der Waals surface area contributed by atoms with Gasteiger partial charge < -0.3 is 10.1 Å². The summed E-state index contributed by atoms with van der Waals surface area (Å²) in [7, 11) is 1.27. The van der Waals surface area contributed by atoms with Crippen LogP contribution < -0.4 is 20.9 Å². The average molecular weight is 353 g/mol. The Morgan fingerprint density at radius 1 is 1.38 bits per heavy atom. The molecule has 9 nitrogen and oxygen atoms in total. The minimum absolute atomic E-state index is 0.0236. The van der Waals surface area contributed by atoms with Crippen molar-refractivity contribution in [3.05, 3.63) is 27.9 Å². The normalized spacial score (nSPS) is 14.5. The molecule has 1 heterocycles. The highest BCUT2D eigenvalue weighted by atomic mass is 32.1. The standard InChI is InChI=1S/C14H19N5O4S/c1-23-13-11(19(21)22)7-9(8-15-13)12(20)17-18-14(24)16-10-5-3-2-4-6-10/h7-8,10H,2-6H2,1H3,(H,17,20)(H2,16,18,24). The summed E-state index contributed by atoms with van der Waals surface area (Å²) in [6.07, 6.45) is 6.84. The highest BCUT2D eigenvalue weighted by molar-refractivity contribution is 7.80. The van der Waals surface area contributed by atoms with Crippen molar-refractivity contribution in [2.75, 3.05) is 7.11 Å². The number of amides is 1. The van der Waals surface area contributed by atoms with Gasteiger partial charge in [-0.05, 0) is 25.1 Å². The van der Waals surface area contributed by atoms with E-state index in [4.69, 9.17) is 17.0 Å². The van der Waals surface area contributed by atoms with Crippen molar-refractivity contribution in [2.45, 2.75) is 38.1 Å². The summed E-state index contributed by atoms with van der Waals surface area (Å²) in [6.45, 7) is 0. The number of carbonyl (C=O) groups is 1. The van der Waals surface area contributed by atoms with Crippen LogP contribution in [0.1, 0.15) is 42.5 Å². The van der Waals surface area contributed by atoms with E-state index in [1.54, 1.807) is 0 Å². The summed E-state index contributed by atoms with van der Waals surface area (Å²) in [5.41, 5.74) is 4.64. The van der Waals surface area contributed by atoms with Gasteiger partial charge in [0.2, 0.25) is 0 Å². The first-order valence-electron chi connectivity index (χ1n) is 7.56. The number of hydrogen-bond donors (Lipinski definition) is 3. The second kappa shape index (κ2) is 8.39. The molecule has 0 saturated heterocycles. The molecule has 1 aromatic rings. The summed E-state index contributed by atoms with van der Waals surface area (Å²) in [6, 6.07) is 1.40. The van der Waals surface area contributed by atoms with Crippen molar-refractivity contribution in [1.29, 1.82) is 0 Å². The zero-order chi connectivity index (χ0) is 17.5. The fourth-order valence-corrected chi connectivity index (χ4v) is 2.72. The third kappa shape index (κ3) is 4.75. The number of ether oxygens (including phenoxy) is 1. The molecule has 1 saturated carbocycles. The van der Waals surface area contributed by atoms with Gasteiger partial charge in [0.05, 0.1) is 17.6 Å². The first-order valence-corrected chi connectivity index (χ1v) is 7.97. The van der Waals surface area contributed by atoms with E-state index in [0.29, 0.717) is 11.2 Å². The first kappa shape index (κ1) is 17.9. The van der Waals surface area contributed by atoms with Gasteiger partial charge in [0.15, 0.2) is 5.11 Å². The Bertz CT molecular complexity index is 634. The minimum Gasteiger partial charge on any atom is -0.476 e. The Hall–Kier alpha value is -2.49. The molecule has 0 aliphatic heterocycles. The van der Waals surface area contributed by atoms with E-state index in [0.717, 1.165) is 31.7 Å². The van der Waals surface area contributed by atoms with Crippen molar-refractivity contribution in [3.8, 4) is 5.88 Å². The van der Waals surface area contributed by atoms with Crippen molar-refractivity contribution in [1.82, 2.24) is 21.2 Å². The lowest BCUT2D eigenvalue weighted by atomic mass is 9.96. The minimum atomic E-state index is -0.661. The van der Waals surface area contributed by atoms with E-state index in [1.165, 1.54) is 19.7 Å². The summed E-state index contributed by atoms with van der Waals surface area (Å²) in [5, 5.41) is 14.4. The van der Waals surface area contributed by atoms with Crippen LogP contribution in [0.15, 0.2) is 12.3 Å². The summed E-state index contributed by atoms with van der Waals surface area (Å²) >= 11 is 5.13. The molecule has 0 atom stereocenters. The van der Waals surface area contributed by atoms with Gasteiger partial charge in [-0.25, -0.2) is 4.98 Å². The molecule has 2 rings (SSSR count). The first-order chi connectivity index (χ1) is 11.5. The highest BCUT2D eigenvalue weighted by Gasteiger charge is 2.20. The fraction of sp³-hybridized carbons (Fsp3) is 0.500. The molecular weight excluding hydrogens is 334 g/mol. The number of hydrazine groups is 1. The van der Waals surface area contributed by atoms with E-state index >= 15 is 0 Å². The van der Waals surface area contributed by atoms with Crippen LogP contribution >= 0.6 is 12.2 Å². The van der Waals surface area contributed by atoms with Gasteiger partial charge in [-0.15, -0.1) is 0 Å². The quantitative estimate of drug-likeness (QED) is 0.423. The molecule has 1 amide bonds. The van der Waals surface area contributed by atoms with E-state index in [9.17, 15) is 14.9 Å². The van der Waals surface area contributed by atoms with E-state index in [-0.39, 0.29) is 17.1 Å². The van der Waals surface area contributed by atoms with Crippen molar-refractivity contribution < 1.29 is 14.5 Å². The van der Waals surface area contributed by atoms with Crippen LogP contribution in [0.25, 0.3) is 0 Å². The molecule has 0 aromatic carbocycles. The number of thiocarbonyl (C=S) groups is 1. The van der Waals surface area contributed by atoms with E-state index < -0.39 is 10.8 Å². The molecule has 1 aliphatic carbocycles. The second-order valence-corrected chi connectivity index (χ2v) is 5.81. The van der Waals surface area contributed by atoms with Crippen LogP contribution in [0.4, 0.5) is 5.69 Å². The van der Waals surface area contributed by atoms with Gasteiger partial charge in [0.25, 0.3) is 11.8 Å². The number of hydrogen-bond acceptors (Lipinski definition) is 6. The Balaban J connectivity index is 1.91. The second-order valence-electron chi connectivity index (χ2n) is 5.40. The summed E-state index contributed by atoms with van der Waals surface area (Å²) in [4.78, 5) is 26.1. The topological polar surface area (TPSA) is 118 Å². The molecule has 0 unspecified atom stereocenters. The monoisotopic (exact) mass is 353 g/mol. The number of aromatic nitrogens is 1. The number of nitro groups is 1. The van der Waals surface area contributed by atoms with Crippen LogP contribution in [0.2, 0.25) is 0 Å². The van der Waals surface area contributed by atoms with Gasteiger partial charge in [0.1, 0.15) is 0 Å². The number of pyridine rings is 1. The Labute approximate surface area is 144 Å². The van der Waals surface area contributed by atoms with E-state index in [1.807, 2.05) is 0 Å². The predicted molar refractivity (Wildman–Crippen MR) is 90.7 cm³/mol. The zero-order valence-electron chi connectivity index (χ0n) is 13.2. The van der Waals surface area contributed by atoms with Crippen LogP contribution in [-0.4, -0.2) is 34.1 Å². The SMILES string of the molecule is COc1ncc(C(=O)NNC(=S)NC2CCCCC2)cc1[N+](=O)[O-]. The van der Waals surface area contributed by atoms with Gasteiger partial charge in [-0.3, -0.25) is 25.8 Å². The van der Waals surface area contributed by atoms with Crippen LogP contribution in [0.3, 0.4) is 0 Å². The maximum absolute atomic E-state index is 12.1. The molecule has 24 heavy (non-hydrogen) atoms. The number of carbonyl (C=O) groups excluding carboxylic acids is 1. The summed E-state index contributed by atoms with van der Waals surface area (Å²) in [5.74, 6) is -0.736. The third-order valence-electron chi connectivity index (χ3n) is 3.71. The van der Waals surface area contributed by atoms with Gasteiger partial charge >= 0.3 is 5.69 Å². The number of rotatable bonds is 4. The van der Waals surface area contributed by atoms with Gasteiger partial charge in [-0.2, -0.15) is 0 Å². The molecular formula is C14H19N5O4S. The zero-order valence-corrected chi connectivity index (χ0v) is 14.0. The molecule has 1 fully saturated rings. The summed E-state index contributed by atoms with van der Waals surface area (Å²) < 4.78 is 4.79. The molecule has 1 aliphatic rings. The van der Waals surface area contributed by atoms with Crippen molar-refractivity contribution >= 4 is 28.9 Å². The fourth-order valence-electron chi connectivity index (χ4n) is 2.51. The molecule has 130 valence electrons. The highest BCUT2D eigenvalue weighted by Crippen LogP contribution is 2.24. The number of methoxy groups -OCH3 is 1. The molecule has 10 heteroatoms. The third-order valence-corrected chi connectivity index (χ3v) is 3.93. The van der Waals surface area contributed by atoms with E-state index in [2.05, 4.69) is 21.2 Å². The Morgan fingerprint density at radius 3 is 2.71 bits per heavy atom. The number of nitrogens with one attached hydrogen (secondary N) is 3. The smallest absolute Gasteiger partial charge is 0.331 e.